The van der Waals surface area contributed by atoms with Crippen LogP contribution in [0.15, 0.2) is 24.3 Å². The summed E-state index contributed by atoms with van der Waals surface area (Å²) >= 11 is 0. The first kappa shape index (κ1) is 16.5. The Hall–Kier alpha value is -2.37. The lowest BCUT2D eigenvalue weighted by molar-refractivity contribution is -0.147. The van der Waals surface area contributed by atoms with Crippen molar-refractivity contribution in [2.45, 2.75) is 32.6 Å². The summed E-state index contributed by atoms with van der Waals surface area (Å²) in [7, 11) is 0. The number of carbonyl (C=O) groups excluding carboxylic acids is 2. The Labute approximate surface area is 141 Å². The Kier molecular flexibility index (Phi) is 4.30. The van der Waals surface area contributed by atoms with Gasteiger partial charge in [0.1, 0.15) is 0 Å². The van der Waals surface area contributed by atoms with Crippen LogP contribution >= 0.6 is 0 Å². The molecule has 0 saturated carbocycles. The van der Waals surface area contributed by atoms with Crippen LogP contribution in [0.5, 0.6) is 0 Å². The normalized spacial score (nSPS) is 23.8. The van der Waals surface area contributed by atoms with E-state index in [0.717, 1.165) is 24.2 Å². The van der Waals surface area contributed by atoms with E-state index in [-0.39, 0.29) is 24.8 Å². The van der Waals surface area contributed by atoms with E-state index in [9.17, 15) is 19.5 Å². The second kappa shape index (κ2) is 6.26. The third-order valence-corrected chi connectivity index (χ3v) is 5.02. The van der Waals surface area contributed by atoms with Gasteiger partial charge < -0.3 is 14.9 Å². The molecule has 0 spiro atoms. The van der Waals surface area contributed by atoms with Crippen LogP contribution in [0.4, 0.5) is 5.69 Å². The van der Waals surface area contributed by atoms with Gasteiger partial charge in [0, 0.05) is 31.7 Å². The summed E-state index contributed by atoms with van der Waals surface area (Å²) in [6.45, 7) is 3.19. The van der Waals surface area contributed by atoms with Gasteiger partial charge in [-0.15, -0.1) is 0 Å². The molecule has 1 atom stereocenters. The summed E-state index contributed by atoms with van der Waals surface area (Å²) in [4.78, 5) is 38.8. The highest BCUT2D eigenvalue weighted by molar-refractivity contribution is 5.95. The number of carbonyl (C=O) groups is 3. The number of anilines is 1. The number of hydrogen-bond acceptors (Lipinski definition) is 3. The fraction of sp³-hybridized carbons (Fsp3) is 0.500. The number of likely N-dealkylation sites (tertiary alicyclic amines) is 1. The zero-order valence-corrected chi connectivity index (χ0v) is 13.8. The Morgan fingerprint density at radius 1 is 1.21 bits per heavy atom. The number of benzene rings is 1. The van der Waals surface area contributed by atoms with Crippen LogP contribution in [0.3, 0.4) is 0 Å². The van der Waals surface area contributed by atoms with Crippen molar-refractivity contribution in [3.8, 4) is 0 Å². The van der Waals surface area contributed by atoms with Crippen LogP contribution in [0.1, 0.15) is 31.7 Å². The molecule has 0 radical (unpaired) electrons. The van der Waals surface area contributed by atoms with Crippen LogP contribution < -0.4 is 4.90 Å². The molecule has 2 aliphatic heterocycles. The lowest BCUT2D eigenvalue weighted by atomic mass is 9.90. The molecule has 128 valence electrons. The molecule has 0 aromatic heterocycles. The van der Waals surface area contributed by atoms with E-state index in [4.69, 9.17) is 0 Å². The first-order valence-corrected chi connectivity index (χ1v) is 8.29. The van der Waals surface area contributed by atoms with E-state index < -0.39 is 11.4 Å². The van der Waals surface area contributed by atoms with E-state index in [1.54, 1.807) is 16.7 Å². The van der Waals surface area contributed by atoms with Crippen molar-refractivity contribution in [2.75, 3.05) is 24.5 Å². The summed E-state index contributed by atoms with van der Waals surface area (Å²) in [5, 5.41) is 9.25. The van der Waals surface area contributed by atoms with E-state index in [0.29, 0.717) is 19.4 Å². The lowest BCUT2D eigenvalue weighted by Gasteiger charge is -2.20. The summed E-state index contributed by atoms with van der Waals surface area (Å²) in [5.74, 6) is -0.758. The largest absolute Gasteiger partial charge is 0.481 e. The third kappa shape index (κ3) is 3.13. The van der Waals surface area contributed by atoms with Gasteiger partial charge in [-0.25, -0.2) is 0 Å². The zero-order valence-electron chi connectivity index (χ0n) is 13.8. The molecule has 2 amide bonds. The molecule has 1 aromatic carbocycles. The molecule has 2 aliphatic rings. The molecule has 1 aromatic rings. The van der Waals surface area contributed by atoms with E-state index in [1.165, 1.54) is 0 Å². The predicted octanol–water partition coefficient (Wildman–Crippen LogP) is 1.68. The molecular weight excluding hydrogens is 308 g/mol. The molecule has 0 aliphatic carbocycles. The highest BCUT2D eigenvalue weighted by Gasteiger charge is 2.41. The van der Waals surface area contributed by atoms with Crippen molar-refractivity contribution >= 4 is 23.5 Å². The van der Waals surface area contributed by atoms with Gasteiger partial charge in [-0.1, -0.05) is 12.1 Å². The average molecular weight is 330 g/mol. The van der Waals surface area contributed by atoms with Crippen molar-refractivity contribution in [1.82, 2.24) is 4.90 Å². The second-order valence-electron chi connectivity index (χ2n) is 6.92. The van der Waals surface area contributed by atoms with Crippen molar-refractivity contribution in [1.29, 1.82) is 0 Å². The fourth-order valence-corrected chi connectivity index (χ4v) is 3.35. The third-order valence-electron chi connectivity index (χ3n) is 5.02. The molecule has 24 heavy (non-hydrogen) atoms. The van der Waals surface area contributed by atoms with Crippen molar-refractivity contribution < 1.29 is 19.5 Å². The van der Waals surface area contributed by atoms with Crippen LogP contribution in [-0.2, 0) is 20.8 Å². The number of rotatable bonds is 4. The summed E-state index contributed by atoms with van der Waals surface area (Å²) < 4.78 is 0. The maximum Gasteiger partial charge on any atom is 0.311 e. The van der Waals surface area contributed by atoms with Gasteiger partial charge in [-0.3, -0.25) is 14.4 Å². The molecule has 0 bridgehead atoms. The fourth-order valence-electron chi connectivity index (χ4n) is 3.35. The first-order valence-electron chi connectivity index (χ1n) is 8.29. The minimum Gasteiger partial charge on any atom is -0.481 e. The van der Waals surface area contributed by atoms with Gasteiger partial charge in [0.05, 0.1) is 11.8 Å². The second-order valence-corrected chi connectivity index (χ2v) is 6.92. The molecule has 1 N–H and O–H groups in total. The zero-order chi connectivity index (χ0) is 17.3. The predicted molar refractivity (Wildman–Crippen MR) is 88.7 cm³/mol. The molecular formula is C18H22N2O4. The quantitative estimate of drug-likeness (QED) is 0.911. The Morgan fingerprint density at radius 2 is 1.92 bits per heavy atom. The summed E-state index contributed by atoms with van der Waals surface area (Å²) in [6.07, 6.45) is 2.22. The monoisotopic (exact) mass is 330 g/mol. The maximum absolute atomic E-state index is 12.4. The Bertz CT molecular complexity index is 670. The SMILES string of the molecule is C[C@]1(C(=O)O)CCN(C(=O)Cc2ccc(N3CCCC3=O)cc2)C1. The number of amides is 2. The van der Waals surface area contributed by atoms with Gasteiger partial charge in [-0.2, -0.15) is 0 Å². The van der Waals surface area contributed by atoms with E-state index >= 15 is 0 Å². The minimum absolute atomic E-state index is 0.0510. The molecule has 2 saturated heterocycles. The van der Waals surface area contributed by atoms with Gasteiger partial charge in [0.25, 0.3) is 0 Å². The van der Waals surface area contributed by atoms with E-state index in [1.807, 2.05) is 24.3 Å². The average Bonchev–Trinajstić information content (AvgIpc) is 3.15. The van der Waals surface area contributed by atoms with Crippen molar-refractivity contribution in [3.05, 3.63) is 29.8 Å². The van der Waals surface area contributed by atoms with Gasteiger partial charge >= 0.3 is 5.97 Å². The number of nitrogens with zero attached hydrogens (tertiary/aromatic N) is 2. The van der Waals surface area contributed by atoms with Crippen LogP contribution in [0.25, 0.3) is 0 Å². The molecule has 6 heteroatoms. The summed E-state index contributed by atoms with van der Waals surface area (Å²) in [6, 6.07) is 7.48. The Balaban J connectivity index is 1.61. The molecule has 2 fully saturated rings. The number of hydrogen-bond donors (Lipinski definition) is 1. The number of carboxylic acid groups (broad SMARTS) is 1. The van der Waals surface area contributed by atoms with Crippen LogP contribution in [0.2, 0.25) is 0 Å². The number of carboxylic acids is 1. The van der Waals surface area contributed by atoms with Gasteiger partial charge in [0.2, 0.25) is 11.8 Å². The Morgan fingerprint density at radius 3 is 2.46 bits per heavy atom. The highest BCUT2D eigenvalue weighted by atomic mass is 16.4. The van der Waals surface area contributed by atoms with Crippen LogP contribution in [-0.4, -0.2) is 47.4 Å². The smallest absolute Gasteiger partial charge is 0.311 e. The number of aliphatic carboxylic acids is 1. The lowest BCUT2D eigenvalue weighted by Crippen LogP contribution is -2.35. The minimum atomic E-state index is -0.850. The topological polar surface area (TPSA) is 77.9 Å². The van der Waals surface area contributed by atoms with E-state index in [2.05, 4.69) is 0 Å². The summed E-state index contributed by atoms with van der Waals surface area (Å²) in [5.41, 5.74) is 0.906. The maximum atomic E-state index is 12.4. The van der Waals surface area contributed by atoms with Crippen molar-refractivity contribution in [3.63, 3.8) is 0 Å². The molecule has 3 rings (SSSR count). The van der Waals surface area contributed by atoms with Crippen molar-refractivity contribution in [2.24, 2.45) is 5.41 Å². The molecule has 2 heterocycles. The van der Waals surface area contributed by atoms with Gasteiger partial charge in [-0.05, 0) is 37.5 Å². The standard InChI is InChI=1S/C18H22N2O4/c1-18(17(23)24)8-10-19(12-18)16(22)11-13-4-6-14(7-5-13)20-9-2-3-15(20)21/h4-7H,2-3,8-12H2,1H3,(H,23,24)/t18-/m0/s1. The molecule has 6 nitrogen and oxygen atoms in total. The molecule has 0 unspecified atom stereocenters. The first-order chi connectivity index (χ1) is 11.4. The van der Waals surface area contributed by atoms with Gasteiger partial charge in [0.15, 0.2) is 0 Å². The van der Waals surface area contributed by atoms with Crippen LogP contribution in [0, 0.1) is 5.41 Å². The highest BCUT2D eigenvalue weighted by Crippen LogP contribution is 2.30.